The number of para-hydroxylation sites is 1. The number of aromatic hydroxyl groups is 2. The summed E-state index contributed by atoms with van der Waals surface area (Å²) in [6.07, 6.45) is -0.307. The number of nitrogens with zero attached hydrogens (tertiary/aromatic N) is 1. The zero-order valence-electron chi connectivity index (χ0n) is 17.8. The Labute approximate surface area is 194 Å². The number of hydrogen-bond donors (Lipinski definition) is 4. The van der Waals surface area contributed by atoms with E-state index in [1.54, 1.807) is 30.3 Å². The Morgan fingerprint density at radius 3 is 2.44 bits per heavy atom. The summed E-state index contributed by atoms with van der Waals surface area (Å²) >= 11 is 0. The van der Waals surface area contributed by atoms with E-state index in [-0.39, 0.29) is 23.8 Å². The van der Waals surface area contributed by atoms with Crippen molar-refractivity contribution in [2.75, 3.05) is 15.5 Å². The molecule has 168 valence electrons. The first-order valence-electron chi connectivity index (χ1n) is 10.5. The molecule has 0 aliphatic carbocycles. The summed E-state index contributed by atoms with van der Waals surface area (Å²) in [7, 11) is 0. The molecule has 34 heavy (non-hydrogen) atoms. The van der Waals surface area contributed by atoms with Gasteiger partial charge in [-0.2, -0.15) is 0 Å². The van der Waals surface area contributed by atoms with Gasteiger partial charge in [0.05, 0.1) is 16.9 Å². The molecule has 8 heteroatoms. The minimum atomic E-state index is -0.599. The second kappa shape index (κ2) is 8.25. The molecule has 0 saturated heterocycles. The monoisotopic (exact) mass is 453 g/mol. The van der Waals surface area contributed by atoms with E-state index in [9.17, 15) is 24.6 Å². The van der Waals surface area contributed by atoms with Gasteiger partial charge in [0.1, 0.15) is 6.42 Å². The lowest BCUT2D eigenvalue weighted by Crippen LogP contribution is -2.26. The van der Waals surface area contributed by atoms with Crippen LogP contribution in [0.4, 0.5) is 22.7 Å². The van der Waals surface area contributed by atoms with Crippen molar-refractivity contribution in [1.29, 1.82) is 0 Å². The van der Waals surface area contributed by atoms with Gasteiger partial charge in [0.25, 0.3) is 5.91 Å². The molecule has 1 heterocycles. The highest BCUT2D eigenvalue weighted by Gasteiger charge is 2.28. The molecule has 0 aromatic heterocycles. The fraction of sp³-hybridized carbons (Fsp3) is 0.0385. The highest BCUT2D eigenvalue weighted by atomic mass is 16.3. The summed E-state index contributed by atoms with van der Waals surface area (Å²) in [5, 5.41) is 26.8. The van der Waals surface area contributed by atoms with Gasteiger partial charge in [0, 0.05) is 16.8 Å². The first-order valence-corrected chi connectivity index (χ1v) is 10.5. The van der Waals surface area contributed by atoms with Crippen LogP contribution in [0.15, 0.2) is 78.9 Å². The maximum atomic E-state index is 13.0. The minimum Gasteiger partial charge on any atom is -0.504 e. The lowest BCUT2D eigenvalue weighted by atomic mass is 10.1. The van der Waals surface area contributed by atoms with Crippen molar-refractivity contribution in [3.63, 3.8) is 0 Å². The second-order valence-corrected chi connectivity index (χ2v) is 7.81. The normalized spacial score (nSPS) is 13.2. The first-order chi connectivity index (χ1) is 16.4. The Kier molecular flexibility index (Phi) is 5.10. The molecule has 0 spiro atoms. The molecule has 1 aliphatic heterocycles. The number of hydrogen-bond acceptors (Lipinski definition) is 5. The van der Waals surface area contributed by atoms with Crippen LogP contribution in [-0.2, 0) is 9.59 Å². The highest BCUT2D eigenvalue weighted by Crippen LogP contribution is 2.40. The SMILES string of the molecule is O=C1CC(=O)N(c2ccc(NC(=O)c3cccc(O)c3O)cc2)c2ccc3ccccc3c2N1. The van der Waals surface area contributed by atoms with Crippen molar-refractivity contribution in [1.82, 2.24) is 0 Å². The van der Waals surface area contributed by atoms with Crippen molar-refractivity contribution in [3.8, 4) is 11.5 Å². The number of carbonyl (C=O) groups is 3. The summed E-state index contributed by atoms with van der Waals surface area (Å²) in [5.41, 5.74) is 1.99. The summed E-state index contributed by atoms with van der Waals surface area (Å²) in [6.45, 7) is 0. The van der Waals surface area contributed by atoms with E-state index in [2.05, 4.69) is 10.6 Å². The van der Waals surface area contributed by atoms with Gasteiger partial charge >= 0.3 is 0 Å². The van der Waals surface area contributed by atoms with Crippen LogP contribution in [0.25, 0.3) is 10.8 Å². The molecule has 0 unspecified atom stereocenters. The standard InChI is InChI=1S/C26H19N3O5/c30-21-7-3-6-19(25(21)33)26(34)27-16-9-11-17(12-10-16)29-20-13-8-15-4-1-2-5-18(15)24(20)28-22(31)14-23(29)32/h1-13,30,33H,14H2,(H,27,34)(H,28,31). The Bertz CT molecular complexity index is 1460. The average Bonchev–Trinajstić information content (AvgIpc) is 2.96. The van der Waals surface area contributed by atoms with E-state index in [1.165, 1.54) is 23.1 Å². The van der Waals surface area contributed by atoms with Gasteiger partial charge in [-0.25, -0.2) is 0 Å². The van der Waals surface area contributed by atoms with Gasteiger partial charge < -0.3 is 20.8 Å². The molecule has 3 amide bonds. The predicted molar refractivity (Wildman–Crippen MR) is 129 cm³/mol. The van der Waals surface area contributed by atoms with E-state index in [0.717, 1.165) is 10.8 Å². The topological polar surface area (TPSA) is 119 Å². The third-order valence-electron chi connectivity index (χ3n) is 5.62. The van der Waals surface area contributed by atoms with Gasteiger partial charge in [-0.05, 0) is 47.9 Å². The van der Waals surface area contributed by atoms with Crippen LogP contribution >= 0.6 is 0 Å². The van der Waals surface area contributed by atoms with Crippen LogP contribution in [0.3, 0.4) is 0 Å². The Balaban J connectivity index is 1.49. The first kappa shape index (κ1) is 21.0. The second-order valence-electron chi connectivity index (χ2n) is 7.81. The van der Waals surface area contributed by atoms with Gasteiger partial charge in [-0.15, -0.1) is 0 Å². The van der Waals surface area contributed by atoms with E-state index in [1.807, 2.05) is 30.3 Å². The fourth-order valence-corrected chi connectivity index (χ4v) is 4.00. The molecule has 0 radical (unpaired) electrons. The molecule has 0 fully saturated rings. The summed E-state index contributed by atoms with van der Waals surface area (Å²) in [6, 6.07) is 21.9. The number of fused-ring (bicyclic) bond motifs is 3. The number of rotatable bonds is 3. The van der Waals surface area contributed by atoms with E-state index in [0.29, 0.717) is 22.7 Å². The molecule has 5 rings (SSSR count). The zero-order chi connectivity index (χ0) is 23.8. The lowest BCUT2D eigenvalue weighted by molar-refractivity contribution is -0.124. The van der Waals surface area contributed by atoms with Crippen molar-refractivity contribution in [3.05, 3.63) is 84.4 Å². The molecule has 4 aromatic carbocycles. The molecule has 0 bridgehead atoms. The third kappa shape index (κ3) is 3.67. The number of nitrogens with one attached hydrogen (secondary N) is 2. The Hall–Kier alpha value is -4.85. The summed E-state index contributed by atoms with van der Waals surface area (Å²) < 4.78 is 0. The highest BCUT2D eigenvalue weighted by molar-refractivity contribution is 6.21. The fourth-order valence-electron chi connectivity index (χ4n) is 4.00. The number of anilines is 4. The van der Waals surface area contributed by atoms with E-state index < -0.39 is 17.4 Å². The van der Waals surface area contributed by atoms with Crippen molar-refractivity contribution >= 4 is 51.2 Å². The Morgan fingerprint density at radius 1 is 0.882 bits per heavy atom. The van der Waals surface area contributed by atoms with Crippen molar-refractivity contribution < 1.29 is 24.6 Å². The molecular formula is C26H19N3O5. The number of phenolic OH excluding ortho intramolecular Hbond substituents is 2. The number of amides is 3. The maximum Gasteiger partial charge on any atom is 0.259 e. The van der Waals surface area contributed by atoms with Crippen LogP contribution in [0.1, 0.15) is 16.8 Å². The van der Waals surface area contributed by atoms with Crippen LogP contribution < -0.4 is 15.5 Å². The predicted octanol–water partition coefficient (Wildman–Crippen LogP) is 4.51. The molecule has 1 aliphatic rings. The third-order valence-corrected chi connectivity index (χ3v) is 5.62. The van der Waals surface area contributed by atoms with Crippen LogP contribution in [0.5, 0.6) is 11.5 Å². The summed E-state index contributed by atoms with van der Waals surface area (Å²) in [5.74, 6) is -2.27. The van der Waals surface area contributed by atoms with Gasteiger partial charge in [0.15, 0.2) is 11.5 Å². The zero-order valence-corrected chi connectivity index (χ0v) is 17.8. The van der Waals surface area contributed by atoms with Crippen LogP contribution in [0, 0.1) is 0 Å². The van der Waals surface area contributed by atoms with E-state index in [4.69, 9.17) is 0 Å². The van der Waals surface area contributed by atoms with Crippen LogP contribution in [0.2, 0.25) is 0 Å². The number of carbonyl (C=O) groups excluding carboxylic acids is 3. The molecular weight excluding hydrogens is 434 g/mol. The quantitative estimate of drug-likeness (QED) is 0.269. The maximum absolute atomic E-state index is 13.0. The molecule has 4 N–H and O–H groups in total. The van der Waals surface area contributed by atoms with Gasteiger partial charge in [-0.3, -0.25) is 19.3 Å². The number of phenols is 2. The van der Waals surface area contributed by atoms with Crippen LogP contribution in [-0.4, -0.2) is 27.9 Å². The Morgan fingerprint density at radius 2 is 1.65 bits per heavy atom. The molecule has 0 saturated carbocycles. The molecule has 4 aromatic rings. The minimum absolute atomic E-state index is 0.0721. The smallest absolute Gasteiger partial charge is 0.259 e. The summed E-state index contributed by atoms with van der Waals surface area (Å²) in [4.78, 5) is 39.4. The van der Waals surface area contributed by atoms with Crippen molar-refractivity contribution in [2.45, 2.75) is 6.42 Å². The lowest BCUT2D eigenvalue weighted by Gasteiger charge is -2.23. The number of benzene rings is 4. The van der Waals surface area contributed by atoms with Crippen molar-refractivity contribution in [2.24, 2.45) is 0 Å². The average molecular weight is 453 g/mol. The molecule has 8 nitrogen and oxygen atoms in total. The molecule has 0 atom stereocenters. The van der Waals surface area contributed by atoms with Gasteiger partial charge in [-0.1, -0.05) is 36.4 Å². The largest absolute Gasteiger partial charge is 0.504 e. The van der Waals surface area contributed by atoms with Gasteiger partial charge in [0.2, 0.25) is 11.8 Å². The van der Waals surface area contributed by atoms with E-state index >= 15 is 0 Å².